The van der Waals surface area contributed by atoms with Gasteiger partial charge in [0.05, 0.1) is 23.4 Å². The summed E-state index contributed by atoms with van der Waals surface area (Å²) in [6.07, 6.45) is 1.74. The second-order valence-electron chi connectivity index (χ2n) is 4.66. The quantitative estimate of drug-likeness (QED) is 0.426. The Balaban J connectivity index is 2.93. The maximum Gasteiger partial charge on any atom is 0.186 e. The lowest BCUT2D eigenvalue weighted by Crippen LogP contribution is -2.31. The number of hydrazone groups is 1. The molecule has 0 spiro atoms. The minimum absolute atomic E-state index is 0.0641. The molecule has 0 saturated heterocycles. The fourth-order valence-corrected chi connectivity index (χ4v) is 2.39. The molecule has 0 fully saturated rings. The molecule has 1 aromatic carbocycles. The molecule has 1 rings (SSSR count). The van der Waals surface area contributed by atoms with Crippen LogP contribution in [0.2, 0.25) is 0 Å². The van der Waals surface area contributed by atoms with E-state index in [4.69, 9.17) is 21.7 Å². The second-order valence-corrected chi connectivity index (χ2v) is 5.92. The Hall–Kier alpha value is -1.34. The van der Waals surface area contributed by atoms with E-state index in [-0.39, 0.29) is 6.10 Å². The number of thiocarbonyl (C=S) groups is 1. The number of halogens is 1. The molecular formula is C15H22BrN3O2S. The molecule has 0 radical (unpaired) electrons. The number of ether oxygens (including phenoxy) is 2. The first-order valence-corrected chi connectivity index (χ1v) is 8.37. The molecule has 0 saturated carbocycles. The van der Waals surface area contributed by atoms with Gasteiger partial charge in [-0.05, 0) is 73.5 Å². The highest BCUT2D eigenvalue weighted by Gasteiger charge is 2.13. The van der Waals surface area contributed by atoms with Crippen molar-refractivity contribution in [2.45, 2.75) is 33.8 Å². The number of rotatable bonds is 7. The summed E-state index contributed by atoms with van der Waals surface area (Å²) in [4.78, 5) is 0. The van der Waals surface area contributed by atoms with E-state index in [0.29, 0.717) is 23.2 Å². The van der Waals surface area contributed by atoms with Crippen LogP contribution in [0.15, 0.2) is 21.7 Å². The normalized spacial score (nSPS) is 10.8. The summed E-state index contributed by atoms with van der Waals surface area (Å²) in [7, 11) is 0. The van der Waals surface area contributed by atoms with Gasteiger partial charge in [0.2, 0.25) is 0 Å². The first kappa shape index (κ1) is 18.7. The van der Waals surface area contributed by atoms with Crippen molar-refractivity contribution < 1.29 is 9.47 Å². The third kappa shape index (κ3) is 6.19. The molecule has 0 aliphatic heterocycles. The van der Waals surface area contributed by atoms with Crippen LogP contribution in [0.25, 0.3) is 0 Å². The molecule has 122 valence electrons. The van der Waals surface area contributed by atoms with Gasteiger partial charge in [0.15, 0.2) is 16.6 Å². The Labute approximate surface area is 145 Å². The van der Waals surface area contributed by atoms with Crippen LogP contribution in [-0.2, 0) is 0 Å². The Kier molecular flexibility index (Phi) is 8.19. The average molecular weight is 388 g/mol. The summed E-state index contributed by atoms with van der Waals surface area (Å²) in [5.41, 5.74) is 3.63. The van der Waals surface area contributed by atoms with Gasteiger partial charge < -0.3 is 14.8 Å². The maximum absolute atomic E-state index is 5.80. The van der Waals surface area contributed by atoms with Gasteiger partial charge in [-0.3, -0.25) is 5.43 Å². The van der Waals surface area contributed by atoms with Crippen molar-refractivity contribution in [1.29, 1.82) is 0 Å². The Bertz CT molecular complexity index is 536. The molecule has 7 heteroatoms. The van der Waals surface area contributed by atoms with E-state index in [9.17, 15) is 0 Å². The van der Waals surface area contributed by atoms with Gasteiger partial charge in [0, 0.05) is 6.54 Å². The van der Waals surface area contributed by atoms with E-state index < -0.39 is 0 Å². The fourth-order valence-electron chi connectivity index (χ4n) is 1.64. The smallest absolute Gasteiger partial charge is 0.186 e. The molecule has 0 bridgehead atoms. The molecule has 0 aliphatic rings. The molecule has 0 unspecified atom stereocenters. The predicted molar refractivity (Wildman–Crippen MR) is 98.1 cm³/mol. The van der Waals surface area contributed by atoms with Crippen molar-refractivity contribution in [3.63, 3.8) is 0 Å². The van der Waals surface area contributed by atoms with Crippen molar-refractivity contribution in [3.8, 4) is 11.5 Å². The van der Waals surface area contributed by atoms with Crippen LogP contribution < -0.4 is 20.2 Å². The van der Waals surface area contributed by atoms with Crippen LogP contribution in [0.1, 0.15) is 33.3 Å². The van der Waals surface area contributed by atoms with Crippen molar-refractivity contribution in [2.24, 2.45) is 5.10 Å². The zero-order chi connectivity index (χ0) is 16.5. The highest BCUT2D eigenvalue weighted by atomic mass is 79.9. The number of hydrogen-bond acceptors (Lipinski definition) is 4. The lowest BCUT2D eigenvalue weighted by atomic mass is 10.2. The van der Waals surface area contributed by atoms with Gasteiger partial charge in [-0.25, -0.2) is 0 Å². The molecule has 5 nitrogen and oxygen atoms in total. The van der Waals surface area contributed by atoms with E-state index in [0.717, 1.165) is 16.6 Å². The molecule has 0 amide bonds. The van der Waals surface area contributed by atoms with Crippen LogP contribution in [-0.4, -0.2) is 30.6 Å². The summed E-state index contributed by atoms with van der Waals surface area (Å²) in [5.74, 6) is 1.38. The number of nitrogens with one attached hydrogen (secondary N) is 2. The minimum atomic E-state index is 0.0641. The second kappa shape index (κ2) is 9.63. The lowest BCUT2D eigenvalue weighted by molar-refractivity contribution is 0.222. The number of benzene rings is 1. The van der Waals surface area contributed by atoms with Gasteiger partial charge in [0.1, 0.15) is 0 Å². The number of nitrogens with zero attached hydrogens (tertiary/aromatic N) is 1. The van der Waals surface area contributed by atoms with Crippen LogP contribution in [0.5, 0.6) is 11.5 Å². The molecule has 1 aromatic rings. The van der Waals surface area contributed by atoms with Gasteiger partial charge in [-0.2, -0.15) is 5.10 Å². The zero-order valence-electron chi connectivity index (χ0n) is 13.3. The lowest BCUT2D eigenvalue weighted by Gasteiger charge is -2.16. The molecule has 0 atom stereocenters. The summed E-state index contributed by atoms with van der Waals surface area (Å²) >= 11 is 8.56. The van der Waals surface area contributed by atoms with Gasteiger partial charge in [0.25, 0.3) is 0 Å². The van der Waals surface area contributed by atoms with Crippen LogP contribution >= 0.6 is 28.1 Å². The SMILES string of the molecule is CCNC(=S)NN=Cc1cc(Br)c(OC(C)C)c(OCC)c1. The molecule has 22 heavy (non-hydrogen) atoms. The average Bonchev–Trinajstić information content (AvgIpc) is 2.43. The molecule has 0 heterocycles. The summed E-state index contributed by atoms with van der Waals surface area (Å²) < 4.78 is 12.3. The topological polar surface area (TPSA) is 54.9 Å². The Morgan fingerprint density at radius 1 is 1.41 bits per heavy atom. The third-order valence-corrected chi connectivity index (χ3v) is 3.23. The standard InChI is InChI=1S/C15H22BrN3O2S/c1-5-17-15(22)19-18-9-11-7-12(16)14(21-10(3)4)13(8-11)20-6-2/h7-10H,5-6H2,1-4H3,(H2,17,19,22). The van der Waals surface area contributed by atoms with E-state index in [1.807, 2.05) is 39.8 Å². The van der Waals surface area contributed by atoms with Crippen LogP contribution in [0.4, 0.5) is 0 Å². The van der Waals surface area contributed by atoms with Crippen molar-refractivity contribution in [2.75, 3.05) is 13.2 Å². The van der Waals surface area contributed by atoms with Gasteiger partial charge >= 0.3 is 0 Å². The summed E-state index contributed by atoms with van der Waals surface area (Å²) in [6, 6.07) is 3.80. The van der Waals surface area contributed by atoms with Gasteiger partial charge in [-0.15, -0.1) is 0 Å². The highest BCUT2D eigenvalue weighted by Crippen LogP contribution is 2.37. The maximum atomic E-state index is 5.80. The molecule has 2 N–H and O–H groups in total. The third-order valence-electron chi connectivity index (χ3n) is 2.40. The molecule has 0 aliphatic carbocycles. The van der Waals surface area contributed by atoms with Crippen molar-refractivity contribution >= 4 is 39.5 Å². The predicted octanol–water partition coefficient (Wildman–Crippen LogP) is 3.45. The van der Waals surface area contributed by atoms with E-state index in [1.165, 1.54) is 0 Å². The van der Waals surface area contributed by atoms with E-state index >= 15 is 0 Å². The highest BCUT2D eigenvalue weighted by molar-refractivity contribution is 9.10. The summed E-state index contributed by atoms with van der Waals surface area (Å²) in [5, 5.41) is 7.54. The zero-order valence-corrected chi connectivity index (χ0v) is 15.7. The van der Waals surface area contributed by atoms with E-state index in [1.54, 1.807) is 6.21 Å². The minimum Gasteiger partial charge on any atom is -0.490 e. The summed E-state index contributed by atoms with van der Waals surface area (Å²) in [6.45, 7) is 9.17. The Morgan fingerprint density at radius 2 is 2.14 bits per heavy atom. The molecule has 0 aromatic heterocycles. The van der Waals surface area contributed by atoms with Crippen LogP contribution in [0.3, 0.4) is 0 Å². The fraction of sp³-hybridized carbons (Fsp3) is 0.467. The van der Waals surface area contributed by atoms with Crippen molar-refractivity contribution in [1.82, 2.24) is 10.7 Å². The monoisotopic (exact) mass is 387 g/mol. The van der Waals surface area contributed by atoms with E-state index in [2.05, 4.69) is 31.8 Å². The van der Waals surface area contributed by atoms with Crippen LogP contribution in [0, 0.1) is 0 Å². The first-order valence-electron chi connectivity index (χ1n) is 7.17. The first-order chi connectivity index (χ1) is 10.5. The Morgan fingerprint density at radius 3 is 2.73 bits per heavy atom. The number of hydrogen-bond donors (Lipinski definition) is 2. The van der Waals surface area contributed by atoms with Gasteiger partial charge in [-0.1, -0.05) is 0 Å². The molecular weight excluding hydrogens is 366 g/mol. The van der Waals surface area contributed by atoms with Crippen molar-refractivity contribution in [3.05, 3.63) is 22.2 Å². The largest absolute Gasteiger partial charge is 0.490 e.